The fourth-order valence-corrected chi connectivity index (χ4v) is 3.11. The van der Waals surface area contributed by atoms with Crippen molar-refractivity contribution in [3.05, 3.63) is 66.8 Å². The molecular weight excluding hydrogens is 384 g/mol. The number of benzene rings is 2. The van der Waals surface area contributed by atoms with Gasteiger partial charge in [-0.2, -0.15) is 0 Å². The van der Waals surface area contributed by atoms with Crippen molar-refractivity contribution in [2.24, 2.45) is 0 Å². The fourth-order valence-electron chi connectivity index (χ4n) is 1.54. The van der Waals surface area contributed by atoms with E-state index in [2.05, 4.69) is 20.7 Å². The van der Waals surface area contributed by atoms with E-state index in [-0.39, 0.29) is 10.7 Å². The predicted octanol–water partition coefficient (Wildman–Crippen LogP) is 4.40. The van der Waals surface area contributed by atoms with Crippen LogP contribution in [0.3, 0.4) is 0 Å². The fraction of sp³-hybridized carbons (Fsp3) is 0. The van der Waals surface area contributed by atoms with E-state index in [9.17, 15) is 18.5 Å². The molecule has 0 atom stereocenters. The largest absolute Gasteiger partial charge is 0.572 e. The van der Waals surface area contributed by atoms with E-state index in [1.807, 2.05) is 0 Å². The number of halogens is 2. The van der Waals surface area contributed by atoms with Crippen molar-refractivity contribution in [2.75, 3.05) is 0 Å². The van der Waals surface area contributed by atoms with Gasteiger partial charge in [0, 0.05) is 15.6 Å². The molecule has 0 unspecified atom stereocenters. The molecule has 0 spiro atoms. The zero-order valence-electron chi connectivity index (χ0n) is 10.2. The zero-order valence-corrected chi connectivity index (χ0v) is 13.4. The first-order valence-electron chi connectivity index (χ1n) is 5.47. The summed E-state index contributed by atoms with van der Waals surface area (Å²) in [5, 5.41) is 11.0. The van der Waals surface area contributed by atoms with Crippen LogP contribution in [0.2, 0.25) is 5.02 Å². The summed E-state index contributed by atoms with van der Waals surface area (Å²) in [4.78, 5) is 9.64. The minimum absolute atomic E-state index is 0.0734. The molecule has 0 radical (unpaired) electrons. The molecule has 9 heteroatoms. The second kappa shape index (κ2) is 6.00. The Balaban J connectivity index is 2.44. The Hall–Kier alpha value is -1.64. The van der Waals surface area contributed by atoms with E-state index in [0.717, 1.165) is 16.6 Å². The summed E-state index contributed by atoms with van der Waals surface area (Å²) in [6, 6.07) is 9.49. The van der Waals surface area contributed by atoms with Gasteiger partial charge < -0.3 is 4.72 Å². The van der Waals surface area contributed by atoms with E-state index in [1.54, 1.807) is 12.1 Å². The number of sulfonamides is 1. The Morgan fingerprint density at radius 1 is 1.14 bits per heavy atom. The lowest BCUT2D eigenvalue weighted by Crippen LogP contribution is -2.02. The molecule has 2 aromatic carbocycles. The molecule has 21 heavy (non-hydrogen) atoms. The summed E-state index contributed by atoms with van der Waals surface area (Å²) in [5.74, 6) is 0. The third-order valence-electron chi connectivity index (χ3n) is 2.45. The lowest BCUT2D eigenvalue weighted by atomic mass is 10.3. The monoisotopic (exact) mass is 389 g/mol. The summed E-state index contributed by atoms with van der Waals surface area (Å²) >= 11 is 8.87. The summed E-state index contributed by atoms with van der Waals surface area (Å²) in [7, 11) is -4.21. The van der Waals surface area contributed by atoms with Crippen LogP contribution in [0, 0.1) is 10.1 Å². The number of hydrogen-bond donors (Lipinski definition) is 0. The third kappa shape index (κ3) is 3.72. The SMILES string of the molecule is O=[N+]([O-])c1cc(Cl)ccc1S(=O)(=O)[N-]c1ccc(Br)cc1. The van der Waals surface area contributed by atoms with Crippen molar-refractivity contribution in [3.8, 4) is 0 Å². The highest BCUT2D eigenvalue weighted by Crippen LogP contribution is 2.34. The minimum Gasteiger partial charge on any atom is -0.572 e. The van der Waals surface area contributed by atoms with Gasteiger partial charge in [-0.1, -0.05) is 39.7 Å². The first-order valence-corrected chi connectivity index (χ1v) is 8.08. The highest BCUT2D eigenvalue weighted by Gasteiger charge is 2.20. The zero-order chi connectivity index (χ0) is 15.6. The topological polar surface area (TPSA) is 91.4 Å². The van der Waals surface area contributed by atoms with E-state index < -0.39 is 25.5 Å². The van der Waals surface area contributed by atoms with Crippen molar-refractivity contribution < 1.29 is 13.3 Å². The van der Waals surface area contributed by atoms with Crippen molar-refractivity contribution in [1.29, 1.82) is 0 Å². The summed E-state index contributed by atoms with van der Waals surface area (Å²) in [6.07, 6.45) is 0. The molecule has 0 aliphatic rings. The van der Waals surface area contributed by atoms with E-state index in [0.29, 0.717) is 0 Å². The third-order valence-corrected chi connectivity index (χ3v) is 4.56. The average molecular weight is 391 g/mol. The first-order chi connectivity index (χ1) is 9.79. The molecule has 0 bridgehead atoms. The smallest absolute Gasteiger partial charge is 0.288 e. The van der Waals surface area contributed by atoms with E-state index in [1.165, 1.54) is 18.2 Å². The first kappa shape index (κ1) is 15.7. The molecule has 0 N–H and O–H groups in total. The van der Waals surface area contributed by atoms with Gasteiger partial charge in [-0.15, -0.1) is 5.69 Å². The molecule has 0 fully saturated rings. The average Bonchev–Trinajstić information content (AvgIpc) is 2.40. The van der Waals surface area contributed by atoms with Gasteiger partial charge in [-0.3, -0.25) is 10.1 Å². The minimum atomic E-state index is -4.21. The van der Waals surface area contributed by atoms with Gasteiger partial charge in [0.2, 0.25) is 0 Å². The Bertz CT molecular complexity index is 793. The number of rotatable bonds is 4. The summed E-state index contributed by atoms with van der Waals surface area (Å²) < 4.78 is 28.7. The maximum absolute atomic E-state index is 12.2. The standard InChI is InChI=1S/C12H7BrClN2O4S/c13-8-1-4-10(5-2-8)15-21(19,20)12-6-3-9(14)7-11(12)16(17)18/h1-7H/q-1. The quantitative estimate of drug-likeness (QED) is 0.571. The molecule has 0 aromatic heterocycles. The second-order valence-electron chi connectivity index (χ2n) is 3.91. The number of nitrogens with zero attached hydrogens (tertiary/aromatic N) is 2. The molecular formula is C12H7BrClN2O4S-. The Morgan fingerprint density at radius 2 is 1.76 bits per heavy atom. The van der Waals surface area contributed by atoms with Crippen LogP contribution in [0.4, 0.5) is 11.4 Å². The molecule has 0 amide bonds. The van der Waals surface area contributed by atoms with Gasteiger partial charge in [-0.05, 0) is 24.3 Å². The Labute approximate surface area is 134 Å². The highest BCUT2D eigenvalue weighted by molar-refractivity contribution is 9.10. The van der Waals surface area contributed by atoms with E-state index in [4.69, 9.17) is 11.6 Å². The molecule has 0 saturated heterocycles. The van der Waals surface area contributed by atoms with Crippen LogP contribution in [0.15, 0.2) is 51.8 Å². The van der Waals surface area contributed by atoms with Crippen LogP contribution >= 0.6 is 27.5 Å². The van der Waals surface area contributed by atoms with Crippen molar-refractivity contribution in [3.63, 3.8) is 0 Å². The van der Waals surface area contributed by atoms with Crippen LogP contribution in [-0.4, -0.2) is 13.3 Å². The molecule has 110 valence electrons. The molecule has 2 rings (SSSR count). The lowest BCUT2D eigenvalue weighted by Gasteiger charge is -2.21. The van der Waals surface area contributed by atoms with Gasteiger partial charge in [-0.25, -0.2) is 8.42 Å². The van der Waals surface area contributed by atoms with Crippen LogP contribution in [0.1, 0.15) is 0 Å². The summed E-state index contributed by atoms with van der Waals surface area (Å²) in [6.45, 7) is 0. The molecule has 0 saturated carbocycles. The van der Waals surface area contributed by atoms with Crippen LogP contribution in [0.5, 0.6) is 0 Å². The number of nitro groups is 1. The van der Waals surface area contributed by atoms with Gasteiger partial charge in [0.1, 0.15) is 14.9 Å². The van der Waals surface area contributed by atoms with Crippen molar-refractivity contribution in [1.82, 2.24) is 0 Å². The lowest BCUT2D eigenvalue weighted by molar-refractivity contribution is -0.387. The van der Waals surface area contributed by atoms with Gasteiger partial charge in [0.25, 0.3) is 5.69 Å². The Morgan fingerprint density at radius 3 is 2.33 bits per heavy atom. The predicted molar refractivity (Wildman–Crippen MR) is 82.5 cm³/mol. The molecule has 0 aliphatic carbocycles. The molecule has 2 aromatic rings. The maximum Gasteiger partial charge on any atom is 0.288 e. The highest BCUT2D eigenvalue weighted by atomic mass is 79.9. The number of nitro benzene ring substituents is 1. The van der Waals surface area contributed by atoms with Crippen molar-refractivity contribution >= 4 is 48.9 Å². The van der Waals surface area contributed by atoms with Gasteiger partial charge >= 0.3 is 0 Å². The summed E-state index contributed by atoms with van der Waals surface area (Å²) in [5.41, 5.74) is -0.439. The second-order valence-corrected chi connectivity index (χ2v) is 6.84. The Kier molecular flexibility index (Phi) is 4.50. The van der Waals surface area contributed by atoms with Crippen molar-refractivity contribution in [2.45, 2.75) is 4.90 Å². The van der Waals surface area contributed by atoms with Crippen LogP contribution in [-0.2, 0) is 10.0 Å². The van der Waals surface area contributed by atoms with Gasteiger partial charge in [0.15, 0.2) is 0 Å². The normalized spacial score (nSPS) is 11.1. The number of hydrogen-bond acceptors (Lipinski definition) is 4. The molecule has 6 nitrogen and oxygen atoms in total. The maximum atomic E-state index is 12.2. The van der Waals surface area contributed by atoms with Gasteiger partial charge in [0.05, 0.1) is 4.92 Å². The van der Waals surface area contributed by atoms with Crippen LogP contribution < -0.4 is 0 Å². The molecule has 0 heterocycles. The molecule has 0 aliphatic heterocycles. The van der Waals surface area contributed by atoms with E-state index >= 15 is 0 Å². The van der Waals surface area contributed by atoms with Crippen LogP contribution in [0.25, 0.3) is 4.72 Å².